The van der Waals surface area contributed by atoms with Crippen LogP contribution in [0.15, 0.2) is 96.0 Å². The van der Waals surface area contributed by atoms with Gasteiger partial charge in [-0.15, -0.1) is 0 Å². The SMILES string of the molecule is O=C(/C=C/c1cccc(S(=O)(=O)Nc2ccc(C(=O)Nc3ccc(Cl)c(-c4ccccn4)c3)c(Cl)c2)c1)NO. The molecule has 2 amide bonds. The summed E-state index contributed by atoms with van der Waals surface area (Å²) in [7, 11) is -4.03. The zero-order valence-corrected chi connectivity index (χ0v) is 22.3. The number of carbonyl (C=O) groups excluding carboxylic acids is 2. The lowest BCUT2D eigenvalue weighted by molar-refractivity contribution is -0.124. The van der Waals surface area contributed by atoms with Gasteiger partial charge in [0.2, 0.25) is 0 Å². The molecule has 0 aliphatic heterocycles. The van der Waals surface area contributed by atoms with Gasteiger partial charge in [0, 0.05) is 23.5 Å². The normalized spacial score (nSPS) is 11.3. The first-order valence-corrected chi connectivity index (χ1v) is 13.5. The predicted octanol–water partition coefficient (Wildman–Crippen LogP) is 5.63. The van der Waals surface area contributed by atoms with E-state index in [1.807, 2.05) is 6.07 Å². The van der Waals surface area contributed by atoms with Gasteiger partial charge in [0.1, 0.15) is 0 Å². The molecule has 39 heavy (non-hydrogen) atoms. The fourth-order valence-electron chi connectivity index (χ4n) is 3.49. The van der Waals surface area contributed by atoms with Crippen molar-refractivity contribution in [2.75, 3.05) is 10.0 Å². The van der Waals surface area contributed by atoms with Gasteiger partial charge in [0.05, 0.1) is 31.9 Å². The zero-order chi connectivity index (χ0) is 28.0. The lowest BCUT2D eigenvalue weighted by atomic mass is 10.1. The van der Waals surface area contributed by atoms with Crippen LogP contribution in [0.4, 0.5) is 11.4 Å². The molecule has 1 aromatic heterocycles. The van der Waals surface area contributed by atoms with Gasteiger partial charge in [-0.1, -0.05) is 41.4 Å². The average molecular weight is 583 g/mol. The van der Waals surface area contributed by atoms with E-state index in [2.05, 4.69) is 15.0 Å². The Morgan fingerprint density at radius 3 is 2.38 bits per heavy atom. The quantitative estimate of drug-likeness (QED) is 0.121. The van der Waals surface area contributed by atoms with Crippen molar-refractivity contribution in [2.45, 2.75) is 4.90 Å². The Kier molecular flexibility index (Phi) is 8.62. The second-order valence-corrected chi connectivity index (χ2v) is 10.5. The van der Waals surface area contributed by atoms with Gasteiger partial charge >= 0.3 is 0 Å². The smallest absolute Gasteiger partial charge is 0.267 e. The number of aromatic nitrogens is 1. The number of benzene rings is 3. The van der Waals surface area contributed by atoms with Crippen molar-refractivity contribution in [1.82, 2.24) is 10.5 Å². The summed E-state index contributed by atoms with van der Waals surface area (Å²) >= 11 is 12.6. The van der Waals surface area contributed by atoms with Crippen molar-refractivity contribution in [3.8, 4) is 11.3 Å². The largest absolute Gasteiger partial charge is 0.322 e. The van der Waals surface area contributed by atoms with Crippen LogP contribution in [0.5, 0.6) is 0 Å². The Morgan fingerprint density at radius 2 is 1.67 bits per heavy atom. The topological polar surface area (TPSA) is 137 Å². The standard InChI is InChI=1S/C27H20Cl2N4O5S/c28-23-11-9-18(15-22(23)25-6-1-2-13-30-25)31-27(35)21-10-8-19(16-24(21)29)33-39(37,38)20-5-3-4-17(14-20)7-12-26(34)32-36/h1-16,33,36H,(H,31,35)(H,32,34)/b12-7+. The Morgan fingerprint density at radius 1 is 0.872 bits per heavy atom. The Hall–Kier alpha value is -4.22. The number of halogens is 2. The van der Waals surface area contributed by atoms with Crippen LogP contribution in [0.25, 0.3) is 17.3 Å². The van der Waals surface area contributed by atoms with Gasteiger partial charge in [0.15, 0.2) is 0 Å². The molecule has 0 fully saturated rings. The maximum Gasteiger partial charge on any atom is 0.267 e. The molecule has 9 nitrogen and oxygen atoms in total. The Balaban J connectivity index is 1.50. The van der Waals surface area contributed by atoms with E-state index < -0.39 is 21.8 Å². The number of sulfonamides is 1. The zero-order valence-electron chi connectivity index (χ0n) is 19.9. The molecule has 0 aliphatic rings. The van der Waals surface area contributed by atoms with Crippen LogP contribution in [-0.2, 0) is 14.8 Å². The van der Waals surface area contributed by atoms with E-state index in [0.717, 1.165) is 6.08 Å². The van der Waals surface area contributed by atoms with Crippen molar-refractivity contribution in [3.63, 3.8) is 0 Å². The number of hydrogen-bond donors (Lipinski definition) is 4. The van der Waals surface area contributed by atoms with Gasteiger partial charge < -0.3 is 5.32 Å². The maximum atomic E-state index is 12.9. The van der Waals surface area contributed by atoms with E-state index in [0.29, 0.717) is 27.5 Å². The summed E-state index contributed by atoms with van der Waals surface area (Å²) in [5.41, 5.74) is 3.89. The number of rotatable bonds is 8. The summed E-state index contributed by atoms with van der Waals surface area (Å²) in [6, 6.07) is 20.3. The highest BCUT2D eigenvalue weighted by Gasteiger charge is 2.17. The Labute approximate surface area is 234 Å². The minimum Gasteiger partial charge on any atom is -0.322 e. The summed E-state index contributed by atoms with van der Waals surface area (Å²) in [6.07, 6.45) is 4.03. The summed E-state index contributed by atoms with van der Waals surface area (Å²) in [6.45, 7) is 0. The van der Waals surface area contributed by atoms with Crippen LogP contribution in [0.1, 0.15) is 15.9 Å². The molecule has 4 rings (SSSR count). The number of carbonyl (C=O) groups is 2. The minimum absolute atomic E-state index is 0.0262. The van der Waals surface area contributed by atoms with Crippen molar-refractivity contribution in [3.05, 3.63) is 112 Å². The highest BCUT2D eigenvalue weighted by Crippen LogP contribution is 2.30. The van der Waals surface area contributed by atoms with Crippen LogP contribution in [0.3, 0.4) is 0 Å². The fraction of sp³-hybridized carbons (Fsp3) is 0. The fourth-order valence-corrected chi connectivity index (χ4v) is 5.08. The molecule has 0 bridgehead atoms. The third kappa shape index (κ3) is 7.01. The summed E-state index contributed by atoms with van der Waals surface area (Å²) in [5, 5.41) is 11.8. The van der Waals surface area contributed by atoms with Gasteiger partial charge in [-0.3, -0.25) is 24.5 Å². The van der Waals surface area contributed by atoms with Crippen LogP contribution in [0, 0.1) is 0 Å². The molecule has 4 aromatic rings. The molecule has 0 saturated carbocycles. The van der Waals surface area contributed by atoms with Gasteiger partial charge in [0.25, 0.3) is 21.8 Å². The van der Waals surface area contributed by atoms with E-state index in [4.69, 9.17) is 28.4 Å². The molecule has 0 atom stereocenters. The monoisotopic (exact) mass is 582 g/mol. The van der Waals surface area contributed by atoms with Crippen molar-refractivity contribution in [2.24, 2.45) is 0 Å². The van der Waals surface area contributed by atoms with E-state index in [1.165, 1.54) is 48.0 Å². The number of nitrogens with zero attached hydrogens (tertiary/aromatic N) is 1. The van der Waals surface area contributed by atoms with Gasteiger partial charge in [-0.05, 0) is 72.3 Å². The summed E-state index contributed by atoms with van der Waals surface area (Å²) < 4.78 is 28.2. The molecule has 198 valence electrons. The van der Waals surface area contributed by atoms with Crippen molar-refractivity contribution >= 4 is 62.5 Å². The molecule has 0 saturated heterocycles. The van der Waals surface area contributed by atoms with Gasteiger partial charge in [-0.25, -0.2) is 13.9 Å². The number of amides is 2. The molecule has 4 N–H and O–H groups in total. The van der Waals surface area contributed by atoms with E-state index >= 15 is 0 Å². The molecule has 0 unspecified atom stereocenters. The van der Waals surface area contributed by atoms with Crippen molar-refractivity contribution in [1.29, 1.82) is 0 Å². The van der Waals surface area contributed by atoms with Gasteiger partial charge in [-0.2, -0.15) is 0 Å². The lowest BCUT2D eigenvalue weighted by Gasteiger charge is -2.12. The van der Waals surface area contributed by atoms with E-state index in [1.54, 1.807) is 42.6 Å². The first-order chi connectivity index (χ1) is 18.7. The van der Waals surface area contributed by atoms with Crippen LogP contribution < -0.4 is 15.5 Å². The summed E-state index contributed by atoms with van der Waals surface area (Å²) in [4.78, 5) is 28.3. The summed E-state index contributed by atoms with van der Waals surface area (Å²) in [5.74, 6) is -1.26. The number of hydroxylamine groups is 1. The van der Waals surface area contributed by atoms with E-state index in [-0.39, 0.29) is 21.2 Å². The average Bonchev–Trinajstić information content (AvgIpc) is 2.93. The minimum atomic E-state index is -4.03. The molecular weight excluding hydrogens is 563 g/mol. The van der Waals surface area contributed by atoms with Crippen molar-refractivity contribution < 1.29 is 23.2 Å². The second kappa shape index (κ2) is 12.1. The highest BCUT2D eigenvalue weighted by atomic mass is 35.5. The molecule has 1 heterocycles. The third-order valence-electron chi connectivity index (χ3n) is 5.34. The number of hydrogen-bond acceptors (Lipinski definition) is 6. The first-order valence-electron chi connectivity index (χ1n) is 11.2. The number of nitrogens with one attached hydrogen (secondary N) is 3. The molecule has 3 aromatic carbocycles. The van der Waals surface area contributed by atoms with Crippen LogP contribution in [0.2, 0.25) is 10.0 Å². The van der Waals surface area contributed by atoms with Crippen LogP contribution in [-0.4, -0.2) is 30.4 Å². The predicted molar refractivity (Wildman–Crippen MR) is 150 cm³/mol. The van der Waals surface area contributed by atoms with Crippen LogP contribution >= 0.6 is 23.2 Å². The highest BCUT2D eigenvalue weighted by molar-refractivity contribution is 7.92. The number of anilines is 2. The first kappa shape index (κ1) is 27.8. The molecule has 0 aliphatic carbocycles. The lowest BCUT2D eigenvalue weighted by Crippen LogP contribution is -2.15. The third-order valence-corrected chi connectivity index (χ3v) is 7.36. The molecule has 12 heteroatoms. The number of pyridine rings is 1. The Bertz CT molecular complexity index is 1680. The second-order valence-electron chi connectivity index (χ2n) is 8.05. The molecule has 0 radical (unpaired) electrons. The maximum absolute atomic E-state index is 12.9. The van der Waals surface area contributed by atoms with E-state index in [9.17, 15) is 18.0 Å². The molecule has 0 spiro atoms. The molecular formula is C27H20Cl2N4O5S.